The van der Waals surface area contributed by atoms with Crippen LogP contribution in [-0.2, 0) is 0 Å². The van der Waals surface area contributed by atoms with Crippen LogP contribution < -0.4 is 0 Å². The molecule has 0 saturated heterocycles. The molecule has 1 unspecified atom stereocenters. The second-order valence-electron chi connectivity index (χ2n) is 2.53. The second-order valence-corrected chi connectivity index (χ2v) is 2.53. The summed E-state index contributed by atoms with van der Waals surface area (Å²) in [5, 5.41) is 0. The van der Waals surface area contributed by atoms with Crippen molar-refractivity contribution in [3.63, 3.8) is 0 Å². The molecule has 0 amide bonds. The number of rotatable bonds is 4. The van der Waals surface area contributed by atoms with Gasteiger partial charge in [0, 0.05) is 0 Å². The third-order valence-electron chi connectivity index (χ3n) is 2.04. The smallest absolute Gasteiger partial charge is 0.0206 e. The summed E-state index contributed by atoms with van der Waals surface area (Å²) in [5.41, 5.74) is 1.46. The Balaban J connectivity index is 3.97. The van der Waals surface area contributed by atoms with E-state index in [4.69, 9.17) is 0 Å². The quantitative estimate of drug-likeness (QED) is 0.558. The molecular formula is C10H18. The number of hydrogen-bond acceptors (Lipinski definition) is 0. The first kappa shape index (κ1) is 9.74. The summed E-state index contributed by atoms with van der Waals surface area (Å²) < 4.78 is 0. The van der Waals surface area contributed by atoms with E-state index in [2.05, 4.69) is 27.7 Å². The molecule has 0 heterocycles. The minimum atomic E-state index is 0.669. The van der Waals surface area contributed by atoms with Gasteiger partial charge in [0.1, 0.15) is 0 Å². The third kappa shape index (κ3) is 2.55. The van der Waals surface area contributed by atoms with E-state index in [0.29, 0.717) is 5.92 Å². The molecule has 0 aliphatic rings. The highest BCUT2D eigenvalue weighted by atomic mass is 14.1. The number of allylic oxidation sites excluding steroid dienone is 2. The Labute approximate surface area is 65.3 Å². The highest BCUT2D eigenvalue weighted by molar-refractivity contribution is 5.07. The predicted octanol–water partition coefficient (Wildman–Crippen LogP) is 3.41. The van der Waals surface area contributed by atoms with Gasteiger partial charge >= 0.3 is 0 Å². The SMILES string of the molecule is [CH2]C=C(CC)C(C[CH2])CC. The summed E-state index contributed by atoms with van der Waals surface area (Å²) in [6.45, 7) is 12.1. The molecule has 0 aromatic carbocycles. The van der Waals surface area contributed by atoms with Gasteiger partial charge in [0.2, 0.25) is 0 Å². The molecule has 0 heteroatoms. The largest absolute Gasteiger partial charge is 0.0848 e. The molecule has 2 radical (unpaired) electrons. The predicted molar refractivity (Wildman–Crippen MR) is 47.5 cm³/mol. The zero-order chi connectivity index (χ0) is 7.98. The summed E-state index contributed by atoms with van der Waals surface area (Å²) in [5.74, 6) is 0.669. The zero-order valence-electron chi connectivity index (χ0n) is 7.19. The van der Waals surface area contributed by atoms with Crippen molar-refractivity contribution in [3.05, 3.63) is 25.5 Å². The topological polar surface area (TPSA) is 0 Å². The van der Waals surface area contributed by atoms with Crippen molar-refractivity contribution in [2.45, 2.75) is 33.1 Å². The van der Waals surface area contributed by atoms with Crippen LogP contribution in [0.25, 0.3) is 0 Å². The van der Waals surface area contributed by atoms with Gasteiger partial charge in [-0.05, 0) is 32.1 Å². The van der Waals surface area contributed by atoms with Gasteiger partial charge in [-0.15, -0.1) is 0 Å². The summed E-state index contributed by atoms with van der Waals surface area (Å²) in [4.78, 5) is 0. The highest BCUT2D eigenvalue weighted by Crippen LogP contribution is 2.20. The van der Waals surface area contributed by atoms with Crippen LogP contribution in [0.4, 0.5) is 0 Å². The molecule has 10 heavy (non-hydrogen) atoms. The van der Waals surface area contributed by atoms with Crippen molar-refractivity contribution in [2.24, 2.45) is 5.92 Å². The molecule has 0 aromatic heterocycles. The first-order chi connectivity index (χ1) is 4.79. The Morgan fingerprint density at radius 2 is 2.10 bits per heavy atom. The Morgan fingerprint density at radius 1 is 1.50 bits per heavy atom. The molecule has 0 nitrogen and oxygen atoms in total. The van der Waals surface area contributed by atoms with Gasteiger partial charge in [0.25, 0.3) is 0 Å². The van der Waals surface area contributed by atoms with E-state index in [0.717, 1.165) is 12.8 Å². The van der Waals surface area contributed by atoms with Gasteiger partial charge in [0.05, 0.1) is 0 Å². The van der Waals surface area contributed by atoms with Gasteiger partial charge < -0.3 is 0 Å². The summed E-state index contributed by atoms with van der Waals surface area (Å²) in [7, 11) is 0. The first-order valence-corrected chi connectivity index (χ1v) is 4.07. The standard InChI is InChI=1S/C10H18/c1-5-9(6-2)10(7-3)8-4/h5,10H,1,3,6-8H2,2,4H3. The molecule has 0 spiro atoms. The molecule has 0 fully saturated rings. The summed E-state index contributed by atoms with van der Waals surface area (Å²) in [6.07, 6.45) is 5.31. The van der Waals surface area contributed by atoms with Crippen LogP contribution in [0.15, 0.2) is 11.6 Å². The van der Waals surface area contributed by atoms with Crippen LogP contribution in [0.1, 0.15) is 33.1 Å². The van der Waals surface area contributed by atoms with E-state index in [9.17, 15) is 0 Å². The maximum absolute atomic E-state index is 3.91. The van der Waals surface area contributed by atoms with Crippen molar-refractivity contribution in [1.82, 2.24) is 0 Å². The third-order valence-corrected chi connectivity index (χ3v) is 2.04. The van der Waals surface area contributed by atoms with Crippen molar-refractivity contribution < 1.29 is 0 Å². The van der Waals surface area contributed by atoms with Crippen LogP contribution in [0.3, 0.4) is 0 Å². The second kappa shape index (κ2) is 5.52. The maximum atomic E-state index is 3.91. The van der Waals surface area contributed by atoms with E-state index in [-0.39, 0.29) is 0 Å². The lowest BCUT2D eigenvalue weighted by atomic mass is 9.92. The monoisotopic (exact) mass is 138 g/mol. The van der Waals surface area contributed by atoms with Gasteiger partial charge in [-0.2, -0.15) is 0 Å². The van der Waals surface area contributed by atoms with Crippen molar-refractivity contribution in [3.8, 4) is 0 Å². The summed E-state index contributed by atoms with van der Waals surface area (Å²) >= 11 is 0. The minimum Gasteiger partial charge on any atom is -0.0848 e. The fourth-order valence-electron chi connectivity index (χ4n) is 1.25. The fraction of sp³-hybridized carbons (Fsp3) is 0.600. The normalized spacial score (nSPS) is 12.7. The first-order valence-electron chi connectivity index (χ1n) is 4.07. The lowest BCUT2D eigenvalue weighted by Crippen LogP contribution is -2.00. The average molecular weight is 138 g/mol. The summed E-state index contributed by atoms with van der Waals surface area (Å²) in [6, 6.07) is 0. The van der Waals surface area contributed by atoms with E-state index in [1.165, 1.54) is 12.0 Å². The average Bonchev–Trinajstić information content (AvgIpc) is 2.00. The lowest BCUT2D eigenvalue weighted by Gasteiger charge is -2.14. The molecule has 0 saturated carbocycles. The van der Waals surface area contributed by atoms with Crippen LogP contribution >= 0.6 is 0 Å². The van der Waals surface area contributed by atoms with E-state index < -0.39 is 0 Å². The molecule has 0 bridgehead atoms. The van der Waals surface area contributed by atoms with Gasteiger partial charge in [0.15, 0.2) is 0 Å². The van der Waals surface area contributed by atoms with E-state index in [1.807, 2.05) is 6.08 Å². The van der Waals surface area contributed by atoms with Crippen molar-refractivity contribution in [2.75, 3.05) is 0 Å². The molecule has 1 atom stereocenters. The Morgan fingerprint density at radius 3 is 2.20 bits per heavy atom. The van der Waals surface area contributed by atoms with Gasteiger partial charge in [-0.3, -0.25) is 0 Å². The lowest BCUT2D eigenvalue weighted by molar-refractivity contribution is 0.581. The zero-order valence-corrected chi connectivity index (χ0v) is 7.19. The van der Waals surface area contributed by atoms with Crippen molar-refractivity contribution >= 4 is 0 Å². The van der Waals surface area contributed by atoms with Gasteiger partial charge in [-0.25, -0.2) is 0 Å². The Hall–Kier alpha value is -0.260. The number of hydrogen-bond donors (Lipinski definition) is 0. The van der Waals surface area contributed by atoms with Gasteiger partial charge in [-0.1, -0.05) is 32.4 Å². The molecule has 0 rings (SSSR count). The molecule has 0 aliphatic heterocycles. The maximum Gasteiger partial charge on any atom is -0.0206 e. The molecule has 0 N–H and O–H groups in total. The Bertz CT molecular complexity index is 96.6. The van der Waals surface area contributed by atoms with Crippen molar-refractivity contribution in [1.29, 1.82) is 0 Å². The van der Waals surface area contributed by atoms with E-state index in [1.54, 1.807) is 0 Å². The van der Waals surface area contributed by atoms with Crippen LogP contribution in [0.5, 0.6) is 0 Å². The van der Waals surface area contributed by atoms with Crippen LogP contribution in [-0.4, -0.2) is 0 Å². The Kier molecular flexibility index (Phi) is 5.38. The molecular weight excluding hydrogens is 120 g/mol. The molecule has 0 aromatic rings. The van der Waals surface area contributed by atoms with E-state index >= 15 is 0 Å². The minimum absolute atomic E-state index is 0.669. The molecule has 58 valence electrons. The van der Waals surface area contributed by atoms with Crippen LogP contribution in [0.2, 0.25) is 0 Å². The fourth-order valence-corrected chi connectivity index (χ4v) is 1.25. The van der Waals surface area contributed by atoms with Crippen LogP contribution in [0, 0.1) is 19.8 Å². The highest BCUT2D eigenvalue weighted by Gasteiger charge is 2.05. The molecule has 0 aliphatic carbocycles.